The van der Waals surface area contributed by atoms with Crippen molar-refractivity contribution < 1.29 is 19.7 Å². The topological polar surface area (TPSA) is 66.8 Å². The van der Waals surface area contributed by atoms with Crippen molar-refractivity contribution in [2.24, 2.45) is 0 Å². The van der Waals surface area contributed by atoms with E-state index in [-0.39, 0.29) is 12.4 Å². The number of halogens is 1. The first-order valence-corrected chi connectivity index (χ1v) is 6.87. The van der Waals surface area contributed by atoms with E-state index in [0.717, 1.165) is 5.56 Å². The van der Waals surface area contributed by atoms with Crippen molar-refractivity contribution in [2.75, 3.05) is 11.9 Å². The lowest BCUT2D eigenvalue weighted by Crippen LogP contribution is -2.19. The highest BCUT2D eigenvalue weighted by molar-refractivity contribution is 9.09. The smallest absolute Gasteiger partial charge is 0.310 e. The zero-order chi connectivity index (χ0) is 13.5. The van der Waals surface area contributed by atoms with E-state index in [0.29, 0.717) is 17.5 Å². The predicted octanol–water partition coefficient (Wildman–Crippen LogP) is 1.58. The van der Waals surface area contributed by atoms with Crippen LogP contribution in [0.25, 0.3) is 0 Å². The first-order chi connectivity index (χ1) is 8.58. The van der Waals surface area contributed by atoms with E-state index in [1.54, 1.807) is 31.2 Å². The highest BCUT2D eigenvalue weighted by Crippen LogP contribution is 2.19. The van der Waals surface area contributed by atoms with E-state index in [9.17, 15) is 15.0 Å². The average Bonchev–Trinajstić information content (AvgIpc) is 2.38. The van der Waals surface area contributed by atoms with E-state index < -0.39 is 12.2 Å². The van der Waals surface area contributed by atoms with Crippen LogP contribution in [0.3, 0.4) is 0 Å². The molecule has 0 saturated heterocycles. The summed E-state index contributed by atoms with van der Waals surface area (Å²) in [6.07, 6.45) is -1.56. The van der Waals surface area contributed by atoms with E-state index in [2.05, 4.69) is 15.9 Å². The number of hydrogen-bond donors (Lipinski definition) is 2. The molecule has 0 spiro atoms. The molecular weight excluding hydrogens is 300 g/mol. The molecule has 0 saturated carbocycles. The number of alkyl halides is 1. The minimum atomic E-state index is -0.930. The zero-order valence-corrected chi connectivity index (χ0v) is 11.8. The van der Waals surface area contributed by atoms with Gasteiger partial charge in [-0.25, -0.2) is 0 Å². The van der Waals surface area contributed by atoms with Crippen LogP contribution in [0.15, 0.2) is 24.3 Å². The number of rotatable bonds is 6. The molecule has 5 heteroatoms. The quantitative estimate of drug-likeness (QED) is 0.617. The summed E-state index contributed by atoms with van der Waals surface area (Å²) in [6.45, 7) is 2.13. The van der Waals surface area contributed by atoms with Gasteiger partial charge >= 0.3 is 5.97 Å². The summed E-state index contributed by atoms with van der Waals surface area (Å²) in [5, 5.41) is 19.6. The van der Waals surface area contributed by atoms with Gasteiger partial charge in [-0.05, 0) is 18.1 Å². The molecule has 0 radical (unpaired) electrons. The molecule has 0 fully saturated rings. The summed E-state index contributed by atoms with van der Waals surface area (Å²) in [5.74, 6) is -0.272. The van der Waals surface area contributed by atoms with Crippen LogP contribution in [0, 0.1) is 0 Å². The van der Waals surface area contributed by atoms with Crippen molar-refractivity contribution in [1.29, 1.82) is 0 Å². The molecule has 2 atom stereocenters. The number of hydrogen-bond acceptors (Lipinski definition) is 4. The van der Waals surface area contributed by atoms with Gasteiger partial charge in [-0.2, -0.15) is 0 Å². The molecular formula is C13H17BrO4. The van der Waals surface area contributed by atoms with Crippen LogP contribution in [-0.4, -0.2) is 34.2 Å². The van der Waals surface area contributed by atoms with Crippen molar-refractivity contribution in [3.05, 3.63) is 35.4 Å². The third-order valence-electron chi connectivity index (χ3n) is 2.50. The SMILES string of the molecule is CCOC(=O)Cc1ccc(C(O)C(O)CBr)cc1. The summed E-state index contributed by atoms with van der Waals surface area (Å²) in [7, 11) is 0. The molecule has 4 nitrogen and oxygen atoms in total. The second-order valence-corrected chi connectivity index (χ2v) is 4.54. The highest BCUT2D eigenvalue weighted by atomic mass is 79.9. The molecule has 0 bridgehead atoms. The van der Waals surface area contributed by atoms with Crippen molar-refractivity contribution in [1.82, 2.24) is 0 Å². The number of benzene rings is 1. The maximum atomic E-state index is 11.3. The van der Waals surface area contributed by atoms with Gasteiger partial charge in [-0.3, -0.25) is 4.79 Å². The zero-order valence-electron chi connectivity index (χ0n) is 10.2. The fraction of sp³-hybridized carbons (Fsp3) is 0.462. The van der Waals surface area contributed by atoms with Crippen LogP contribution in [0.1, 0.15) is 24.2 Å². The second kappa shape index (κ2) is 7.51. The largest absolute Gasteiger partial charge is 0.466 e. The minimum absolute atomic E-state index is 0.214. The van der Waals surface area contributed by atoms with E-state index >= 15 is 0 Å². The Balaban J connectivity index is 2.65. The lowest BCUT2D eigenvalue weighted by molar-refractivity contribution is -0.142. The van der Waals surface area contributed by atoms with E-state index in [1.807, 2.05) is 0 Å². The van der Waals surface area contributed by atoms with Crippen LogP contribution in [0.2, 0.25) is 0 Å². The molecule has 0 aliphatic carbocycles. The molecule has 0 aliphatic rings. The summed E-state index contributed by atoms with van der Waals surface area (Å²) >= 11 is 3.11. The molecule has 2 N–H and O–H groups in total. The van der Waals surface area contributed by atoms with Gasteiger partial charge in [-0.15, -0.1) is 0 Å². The van der Waals surface area contributed by atoms with Crippen molar-refractivity contribution in [3.8, 4) is 0 Å². The highest BCUT2D eigenvalue weighted by Gasteiger charge is 2.16. The van der Waals surface area contributed by atoms with Gasteiger partial charge in [-0.1, -0.05) is 40.2 Å². The molecule has 0 heterocycles. The van der Waals surface area contributed by atoms with Gasteiger partial charge in [0.1, 0.15) is 6.10 Å². The number of carbonyl (C=O) groups excluding carboxylic acids is 1. The molecule has 0 aliphatic heterocycles. The van der Waals surface area contributed by atoms with Crippen LogP contribution in [0.5, 0.6) is 0 Å². The summed E-state index contributed by atoms with van der Waals surface area (Å²) < 4.78 is 4.84. The number of aliphatic hydroxyl groups excluding tert-OH is 2. The number of aliphatic hydroxyl groups is 2. The normalized spacial score (nSPS) is 14.0. The predicted molar refractivity (Wildman–Crippen MR) is 71.5 cm³/mol. The van der Waals surface area contributed by atoms with Gasteiger partial charge in [0, 0.05) is 5.33 Å². The van der Waals surface area contributed by atoms with E-state index in [1.165, 1.54) is 0 Å². The summed E-state index contributed by atoms with van der Waals surface area (Å²) in [4.78, 5) is 11.3. The second-order valence-electron chi connectivity index (χ2n) is 3.89. The van der Waals surface area contributed by atoms with Crippen molar-refractivity contribution in [3.63, 3.8) is 0 Å². The van der Waals surface area contributed by atoms with Crippen LogP contribution in [0.4, 0.5) is 0 Å². The maximum Gasteiger partial charge on any atom is 0.310 e. The van der Waals surface area contributed by atoms with Crippen LogP contribution < -0.4 is 0 Å². The number of carbonyl (C=O) groups is 1. The monoisotopic (exact) mass is 316 g/mol. The number of esters is 1. The van der Waals surface area contributed by atoms with E-state index in [4.69, 9.17) is 4.74 Å². The van der Waals surface area contributed by atoms with Gasteiger partial charge < -0.3 is 14.9 Å². The molecule has 2 unspecified atom stereocenters. The average molecular weight is 317 g/mol. The van der Waals surface area contributed by atoms with Crippen LogP contribution >= 0.6 is 15.9 Å². The molecule has 1 aromatic carbocycles. The third kappa shape index (κ3) is 4.40. The van der Waals surface area contributed by atoms with Crippen molar-refractivity contribution >= 4 is 21.9 Å². The van der Waals surface area contributed by atoms with Gasteiger partial charge in [0.25, 0.3) is 0 Å². The molecule has 1 aromatic rings. The summed E-state index contributed by atoms with van der Waals surface area (Å²) in [6, 6.07) is 6.89. The van der Waals surface area contributed by atoms with Gasteiger partial charge in [0.05, 0.1) is 19.1 Å². The fourth-order valence-electron chi connectivity index (χ4n) is 1.52. The first-order valence-electron chi connectivity index (χ1n) is 5.75. The minimum Gasteiger partial charge on any atom is -0.466 e. The Hall–Kier alpha value is -0.910. The number of ether oxygens (including phenoxy) is 1. The summed E-state index contributed by atoms with van der Waals surface area (Å²) in [5.41, 5.74) is 1.44. The van der Waals surface area contributed by atoms with Crippen LogP contribution in [-0.2, 0) is 16.0 Å². The molecule has 0 aromatic heterocycles. The Morgan fingerprint density at radius 3 is 2.44 bits per heavy atom. The lowest BCUT2D eigenvalue weighted by Gasteiger charge is -2.16. The van der Waals surface area contributed by atoms with Gasteiger partial charge in [0.15, 0.2) is 0 Å². The molecule has 1 rings (SSSR count). The standard InChI is InChI=1S/C13H17BrO4/c1-2-18-12(16)7-9-3-5-10(6-4-9)13(17)11(15)8-14/h3-6,11,13,15,17H,2,7-8H2,1H3. The molecule has 0 amide bonds. The Labute approximate surface area is 115 Å². The molecule has 18 heavy (non-hydrogen) atoms. The Morgan fingerprint density at radius 2 is 1.94 bits per heavy atom. The Morgan fingerprint density at radius 1 is 1.33 bits per heavy atom. The fourth-order valence-corrected chi connectivity index (χ4v) is 1.87. The lowest BCUT2D eigenvalue weighted by atomic mass is 10.0. The first kappa shape index (κ1) is 15.1. The Bertz CT molecular complexity index is 377. The Kier molecular flexibility index (Phi) is 6.32. The maximum absolute atomic E-state index is 11.3. The third-order valence-corrected chi connectivity index (χ3v) is 3.16. The molecule has 100 valence electrons. The van der Waals surface area contributed by atoms with Crippen molar-refractivity contribution in [2.45, 2.75) is 25.6 Å². The van der Waals surface area contributed by atoms with Gasteiger partial charge in [0.2, 0.25) is 0 Å².